The van der Waals surface area contributed by atoms with Crippen molar-refractivity contribution in [2.75, 3.05) is 17.2 Å². The highest BCUT2D eigenvalue weighted by Crippen LogP contribution is 2.34. The van der Waals surface area contributed by atoms with E-state index in [9.17, 15) is 14.4 Å². The summed E-state index contributed by atoms with van der Waals surface area (Å²) in [5.74, 6) is -0.738. The fraction of sp³-hybridized carbons (Fsp3) is 0.179. The van der Waals surface area contributed by atoms with Crippen molar-refractivity contribution in [3.05, 3.63) is 75.4 Å². The Labute approximate surface area is 254 Å². The molecule has 0 unspecified atom stereocenters. The Balaban J connectivity index is 1.46. The van der Waals surface area contributed by atoms with Crippen molar-refractivity contribution in [3.63, 3.8) is 0 Å². The lowest BCUT2D eigenvalue weighted by Crippen LogP contribution is -2.20. The molecule has 2 N–H and O–H groups in total. The van der Waals surface area contributed by atoms with Crippen LogP contribution in [0.4, 0.5) is 17.3 Å². The molecule has 15 heteroatoms. The van der Waals surface area contributed by atoms with Gasteiger partial charge in [-0.1, -0.05) is 29.3 Å². The second-order valence-corrected chi connectivity index (χ2v) is 9.95. The monoisotopic (exact) mass is 622 g/mol. The molecule has 0 atom stereocenters. The van der Waals surface area contributed by atoms with E-state index in [0.29, 0.717) is 44.4 Å². The van der Waals surface area contributed by atoms with Gasteiger partial charge in [0.1, 0.15) is 11.3 Å². The number of aromatic nitrogens is 6. The molecule has 0 bridgehead atoms. The third kappa shape index (κ3) is 6.58. The van der Waals surface area contributed by atoms with Crippen LogP contribution < -0.4 is 20.9 Å². The van der Waals surface area contributed by atoms with Crippen LogP contribution in [0.15, 0.2) is 59.8 Å². The zero-order chi connectivity index (χ0) is 30.7. The zero-order valence-electron chi connectivity index (χ0n) is 23.1. The van der Waals surface area contributed by atoms with E-state index in [1.807, 2.05) is 6.92 Å². The first-order valence-corrected chi connectivity index (χ1v) is 13.6. The molecule has 0 aliphatic rings. The van der Waals surface area contributed by atoms with Crippen LogP contribution in [0.25, 0.3) is 22.2 Å². The SMILES string of the molecule is CCn1ccc(Oc2ncc(Nc3ncc4cc(-c5c(Cl)cccc5Cl)c(=O)n(C)c4n3)cc2NC(=O)COC(C)=O)n1. The highest BCUT2D eigenvalue weighted by Gasteiger charge is 2.18. The number of halogens is 2. The molecule has 4 aromatic heterocycles. The lowest BCUT2D eigenvalue weighted by molar-refractivity contribution is -0.144. The number of hydrogen-bond donors (Lipinski definition) is 2. The lowest BCUT2D eigenvalue weighted by atomic mass is 10.1. The van der Waals surface area contributed by atoms with E-state index < -0.39 is 18.5 Å². The number of carbonyl (C=O) groups excluding carboxylic acids is 2. The van der Waals surface area contributed by atoms with E-state index in [1.165, 1.54) is 17.7 Å². The third-order valence-corrected chi connectivity index (χ3v) is 6.74. The summed E-state index contributed by atoms with van der Waals surface area (Å²) in [7, 11) is 1.58. The van der Waals surface area contributed by atoms with Crippen molar-refractivity contribution >= 4 is 63.4 Å². The maximum Gasteiger partial charge on any atom is 0.303 e. The molecular weight excluding hydrogens is 599 g/mol. The van der Waals surface area contributed by atoms with Gasteiger partial charge in [0.25, 0.3) is 11.5 Å². The summed E-state index contributed by atoms with van der Waals surface area (Å²) >= 11 is 12.7. The van der Waals surface area contributed by atoms with E-state index in [1.54, 1.807) is 60.5 Å². The minimum atomic E-state index is -0.607. The molecule has 13 nitrogen and oxygen atoms in total. The van der Waals surface area contributed by atoms with Gasteiger partial charge in [-0.15, -0.1) is 5.10 Å². The van der Waals surface area contributed by atoms with E-state index in [2.05, 4.69) is 30.7 Å². The average Bonchev–Trinajstić information content (AvgIpc) is 3.43. The first kappa shape index (κ1) is 29.5. The number of nitrogens with one attached hydrogen (secondary N) is 2. The summed E-state index contributed by atoms with van der Waals surface area (Å²) in [4.78, 5) is 50.1. The molecule has 1 aromatic carbocycles. The average molecular weight is 623 g/mol. The molecule has 1 amide bonds. The largest absolute Gasteiger partial charge is 0.456 e. The maximum absolute atomic E-state index is 13.3. The number of hydrogen-bond acceptors (Lipinski definition) is 10. The lowest BCUT2D eigenvalue weighted by Gasteiger charge is -2.14. The van der Waals surface area contributed by atoms with E-state index in [-0.39, 0.29) is 29.0 Å². The fourth-order valence-electron chi connectivity index (χ4n) is 4.09. The molecule has 0 saturated heterocycles. The van der Waals surface area contributed by atoms with Gasteiger partial charge in [-0.2, -0.15) is 4.98 Å². The number of benzene rings is 1. The van der Waals surface area contributed by atoms with Crippen molar-refractivity contribution in [1.29, 1.82) is 0 Å². The van der Waals surface area contributed by atoms with Crippen LogP contribution in [0.5, 0.6) is 11.8 Å². The minimum absolute atomic E-state index is 0.0515. The van der Waals surface area contributed by atoms with E-state index in [0.717, 1.165) is 0 Å². The van der Waals surface area contributed by atoms with Gasteiger partial charge in [0, 0.05) is 49.9 Å². The number of aryl methyl sites for hydroxylation is 2. The van der Waals surface area contributed by atoms with Gasteiger partial charge in [0.2, 0.25) is 17.7 Å². The quantitative estimate of drug-likeness (QED) is 0.216. The predicted molar refractivity (Wildman–Crippen MR) is 161 cm³/mol. The molecule has 0 aliphatic heterocycles. The van der Waals surface area contributed by atoms with Crippen LogP contribution in [-0.2, 0) is 27.9 Å². The number of anilines is 3. The summed E-state index contributed by atoms with van der Waals surface area (Å²) in [6, 6.07) is 9.85. The molecule has 0 aliphatic carbocycles. The van der Waals surface area contributed by atoms with Gasteiger partial charge < -0.3 is 20.1 Å². The molecule has 0 fully saturated rings. The summed E-state index contributed by atoms with van der Waals surface area (Å²) in [6.45, 7) is 3.26. The van der Waals surface area contributed by atoms with Crippen LogP contribution in [-0.4, -0.2) is 47.8 Å². The summed E-state index contributed by atoms with van der Waals surface area (Å²) in [6.07, 6.45) is 4.73. The van der Waals surface area contributed by atoms with Crippen molar-refractivity contribution in [2.45, 2.75) is 20.4 Å². The van der Waals surface area contributed by atoms with Gasteiger partial charge in [-0.3, -0.25) is 23.6 Å². The summed E-state index contributed by atoms with van der Waals surface area (Å²) in [5.41, 5.74) is 1.30. The fourth-order valence-corrected chi connectivity index (χ4v) is 4.69. The molecule has 0 spiro atoms. The second kappa shape index (κ2) is 12.5. The van der Waals surface area contributed by atoms with Crippen molar-refractivity contribution < 1.29 is 19.1 Å². The Morgan fingerprint density at radius 1 is 1.07 bits per heavy atom. The van der Waals surface area contributed by atoms with Crippen LogP contribution in [0.1, 0.15) is 13.8 Å². The normalized spacial score (nSPS) is 10.9. The Morgan fingerprint density at radius 2 is 1.84 bits per heavy atom. The predicted octanol–water partition coefficient (Wildman–Crippen LogP) is 4.95. The number of rotatable bonds is 9. The molecule has 0 saturated carbocycles. The Morgan fingerprint density at radius 3 is 2.53 bits per heavy atom. The van der Waals surface area contributed by atoms with Crippen molar-refractivity contribution in [1.82, 2.24) is 29.3 Å². The van der Waals surface area contributed by atoms with Crippen molar-refractivity contribution in [2.24, 2.45) is 7.05 Å². The number of ether oxygens (including phenoxy) is 2. The molecule has 43 heavy (non-hydrogen) atoms. The Kier molecular flexibility index (Phi) is 8.55. The van der Waals surface area contributed by atoms with Crippen LogP contribution in [0.2, 0.25) is 10.0 Å². The van der Waals surface area contributed by atoms with E-state index >= 15 is 0 Å². The van der Waals surface area contributed by atoms with Crippen LogP contribution >= 0.6 is 23.2 Å². The Hall–Kier alpha value is -5.01. The first-order valence-electron chi connectivity index (χ1n) is 12.9. The highest BCUT2D eigenvalue weighted by molar-refractivity contribution is 6.39. The third-order valence-electron chi connectivity index (χ3n) is 6.11. The van der Waals surface area contributed by atoms with Crippen LogP contribution in [0, 0.1) is 0 Å². The topological polar surface area (TPSA) is 155 Å². The van der Waals surface area contributed by atoms with Gasteiger partial charge >= 0.3 is 5.97 Å². The second-order valence-electron chi connectivity index (χ2n) is 9.13. The maximum atomic E-state index is 13.3. The molecular formula is C28H24Cl2N8O5. The number of amides is 1. The molecule has 220 valence electrons. The molecule has 5 rings (SSSR count). The van der Waals surface area contributed by atoms with Gasteiger partial charge in [-0.25, -0.2) is 9.97 Å². The standard InChI is InChI=1S/C28H24Cl2N8O5/c1-4-38-9-8-23(36-38)43-26-21(34-22(40)14-42-15(2)39)11-17(13-31-26)33-28-32-12-16-10-18(27(41)37(3)25(16)35-28)24-19(29)6-5-7-20(24)30/h5-13H,4,14H2,1-3H3,(H,34,40)(H,32,33,35). The van der Waals surface area contributed by atoms with Crippen molar-refractivity contribution in [3.8, 4) is 22.9 Å². The van der Waals surface area contributed by atoms with Gasteiger partial charge in [0.15, 0.2) is 6.61 Å². The van der Waals surface area contributed by atoms with Gasteiger partial charge in [-0.05, 0) is 31.2 Å². The number of fused-ring (bicyclic) bond motifs is 1. The first-order chi connectivity index (χ1) is 20.6. The Bertz CT molecular complexity index is 1900. The number of esters is 1. The van der Waals surface area contributed by atoms with E-state index in [4.69, 9.17) is 32.7 Å². The zero-order valence-corrected chi connectivity index (χ0v) is 24.6. The van der Waals surface area contributed by atoms with Crippen LogP contribution in [0.3, 0.4) is 0 Å². The molecule has 4 heterocycles. The highest BCUT2D eigenvalue weighted by atomic mass is 35.5. The molecule has 0 radical (unpaired) electrons. The number of nitrogens with zero attached hydrogens (tertiary/aromatic N) is 6. The number of carbonyl (C=O) groups is 2. The van der Waals surface area contributed by atoms with Gasteiger partial charge in [0.05, 0.1) is 27.5 Å². The smallest absolute Gasteiger partial charge is 0.303 e. The summed E-state index contributed by atoms with van der Waals surface area (Å²) < 4.78 is 13.6. The summed E-state index contributed by atoms with van der Waals surface area (Å²) in [5, 5.41) is 11.2. The number of pyridine rings is 2. The molecule has 5 aromatic rings. The minimum Gasteiger partial charge on any atom is -0.456 e.